The molecule has 0 unspecified atom stereocenters. The van der Waals surface area contributed by atoms with E-state index < -0.39 is 0 Å². The van der Waals surface area contributed by atoms with Gasteiger partial charge in [0, 0.05) is 36.3 Å². The van der Waals surface area contributed by atoms with Gasteiger partial charge in [0.05, 0.1) is 5.69 Å². The molecule has 1 fully saturated rings. The number of rotatable bonds is 7. The molecule has 1 aromatic heterocycles. The zero-order valence-electron chi connectivity index (χ0n) is 16.0. The molecule has 0 bridgehead atoms. The van der Waals surface area contributed by atoms with Gasteiger partial charge in [-0.15, -0.1) is 0 Å². The number of hydrogen-bond donors (Lipinski definition) is 0. The minimum absolute atomic E-state index is 0.132. The Bertz CT molecular complexity index is 855. The smallest absolute Gasteiger partial charge is 0.247 e. The third-order valence-corrected chi connectivity index (χ3v) is 5.01. The molecule has 0 radical (unpaired) electrons. The van der Waals surface area contributed by atoms with Crippen LogP contribution >= 0.6 is 11.6 Å². The molecule has 1 heterocycles. The SMILES string of the molecule is Cc1nn(CC(C)C)c(Cl)c1/C=C/C(=O)N(Cc1ccccc1F)C1CC1. The second kappa shape index (κ2) is 8.26. The lowest BCUT2D eigenvalue weighted by atomic mass is 10.2. The van der Waals surface area contributed by atoms with Crippen molar-refractivity contribution in [2.24, 2.45) is 5.92 Å². The van der Waals surface area contributed by atoms with Crippen molar-refractivity contribution in [1.29, 1.82) is 0 Å². The standard InChI is InChI=1S/C21H25ClFN3O/c1-14(2)12-26-21(22)18(15(3)24-26)10-11-20(27)25(17-8-9-17)13-16-6-4-5-7-19(16)23/h4-7,10-11,14,17H,8-9,12-13H2,1-3H3/b11-10+. The third-order valence-electron chi connectivity index (χ3n) is 4.61. The molecule has 0 spiro atoms. The Morgan fingerprint density at radius 3 is 2.74 bits per heavy atom. The fourth-order valence-corrected chi connectivity index (χ4v) is 3.36. The molecule has 6 heteroatoms. The highest BCUT2D eigenvalue weighted by Crippen LogP contribution is 2.29. The maximum absolute atomic E-state index is 14.0. The number of benzene rings is 1. The maximum Gasteiger partial charge on any atom is 0.247 e. The number of halogens is 2. The van der Waals surface area contributed by atoms with Crippen LogP contribution in [0.25, 0.3) is 6.08 Å². The summed E-state index contributed by atoms with van der Waals surface area (Å²) in [6, 6.07) is 6.77. The largest absolute Gasteiger partial charge is 0.332 e. The first-order valence-electron chi connectivity index (χ1n) is 9.31. The number of carbonyl (C=O) groups is 1. The van der Waals surface area contributed by atoms with Crippen molar-refractivity contribution in [2.75, 3.05) is 0 Å². The van der Waals surface area contributed by atoms with Crippen molar-refractivity contribution in [3.8, 4) is 0 Å². The van der Waals surface area contributed by atoms with Crippen molar-refractivity contribution in [3.05, 3.63) is 58.1 Å². The monoisotopic (exact) mass is 389 g/mol. The summed E-state index contributed by atoms with van der Waals surface area (Å²) in [7, 11) is 0. The van der Waals surface area contributed by atoms with Crippen molar-refractivity contribution < 1.29 is 9.18 Å². The van der Waals surface area contributed by atoms with E-state index in [4.69, 9.17) is 11.6 Å². The van der Waals surface area contributed by atoms with E-state index in [1.54, 1.807) is 33.9 Å². The first-order valence-corrected chi connectivity index (χ1v) is 9.69. The Balaban J connectivity index is 1.76. The molecule has 1 saturated carbocycles. The Morgan fingerprint density at radius 2 is 2.11 bits per heavy atom. The minimum atomic E-state index is -0.284. The molecule has 1 amide bonds. The van der Waals surface area contributed by atoms with Gasteiger partial charge in [-0.25, -0.2) is 4.39 Å². The summed E-state index contributed by atoms with van der Waals surface area (Å²) in [6.45, 7) is 7.08. The lowest BCUT2D eigenvalue weighted by Gasteiger charge is -2.21. The van der Waals surface area contributed by atoms with E-state index in [9.17, 15) is 9.18 Å². The lowest BCUT2D eigenvalue weighted by molar-refractivity contribution is -0.127. The van der Waals surface area contributed by atoms with Gasteiger partial charge in [-0.3, -0.25) is 9.48 Å². The van der Waals surface area contributed by atoms with E-state index in [2.05, 4.69) is 18.9 Å². The van der Waals surface area contributed by atoms with Crippen LogP contribution in [-0.2, 0) is 17.9 Å². The summed E-state index contributed by atoms with van der Waals surface area (Å²) in [6.07, 6.45) is 5.16. The molecule has 0 saturated heterocycles. The van der Waals surface area contributed by atoms with Crippen LogP contribution in [0.2, 0.25) is 5.15 Å². The van der Waals surface area contributed by atoms with Crippen LogP contribution in [0.4, 0.5) is 4.39 Å². The highest BCUT2D eigenvalue weighted by Gasteiger charge is 2.32. The molecular formula is C21H25ClFN3O. The van der Waals surface area contributed by atoms with Crippen LogP contribution in [0.5, 0.6) is 0 Å². The summed E-state index contributed by atoms with van der Waals surface area (Å²) in [5.74, 6) is 0.00741. The molecular weight excluding hydrogens is 365 g/mol. The number of nitrogens with zero attached hydrogens (tertiary/aromatic N) is 3. The average molecular weight is 390 g/mol. The molecule has 1 aliphatic carbocycles. The zero-order valence-corrected chi connectivity index (χ0v) is 16.7. The molecule has 3 rings (SSSR count). The highest BCUT2D eigenvalue weighted by molar-refractivity contribution is 6.31. The van der Waals surface area contributed by atoms with Gasteiger partial charge in [-0.1, -0.05) is 43.6 Å². The highest BCUT2D eigenvalue weighted by atomic mass is 35.5. The quantitative estimate of drug-likeness (QED) is 0.635. The number of hydrogen-bond acceptors (Lipinski definition) is 2. The van der Waals surface area contributed by atoms with Gasteiger partial charge in [0.1, 0.15) is 11.0 Å². The van der Waals surface area contributed by atoms with Gasteiger partial charge in [0.2, 0.25) is 5.91 Å². The summed E-state index contributed by atoms with van der Waals surface area (Å²) < 4.78 is 15.7. The molecule has 0 N–H and O–H groups in total. The fourth-order valence-electron chi connectivity index (χ4n) is 3.06. The first kappa shape index (κ1) is 19.6. The van der Waals surface area contributed by atoms with Crippen LogP contribution in [0, 0.1) is 18.7 Å². The first-order chi connectivity index (χ1) is 12.9. The van der Waals surface area contributed by atoms with Crippen molar-refractivity contribution in [2.45, 2.75) is 52.7 Å². The number of aromatic nitrogens is 2. The molecule has 4 nitrogen and oxygen atoms in total. The van der Waals surface area contributed by atoms with Gasteiger partial charge in [0.25, 0.3) is 0 Å². The molecule has 1 aromatic carbocycles. The number of carbonyl (C=O) groups excluding carboxylic acids is 1. The van der Waals surface area contributed by atoms with Crippen LogP contribution < -0.4 is 0 Å². The van der Waals surface area contributed by atoms with Crippen LogP contribution in [0.15, 0.2) is 30.3 Å². The van der Waals surface area contributed by atoms with E-state index >= 15 is 0 Å². The van der Waals surface area contributed by atoms with Crippen molar-refractivity contribution >= 4 is 23.6 Å². The molecule has 27 heavy (non-hydrogen) atoms. The van der Waals surface area contributed by atoms with E-state index in [-0.39, 0.29) is 24.3 Å². The lowest BCUT2D eigenvalue weighted by Crippen LogP contribution is -2.31. The Labute approximate surface area is 164 Å². The molecule has 0 atom stereocenters. The fraction of sp³-hybridized carbons (Fsp3) is 0.429. The molecule has 0 aliphatic heterocycles. The summed E-state index contributed by atoms with van der Waals surface area (Å²) >= 11 is 6.44. The van der Waals surface area contributed by atoms with Crippen molar-refractivity contribution in [1.82, 2.24) is 14.7 Å². The van der Waals surface area contributed by atoms with Crippen LogP contribution in [0.1, 0.15) is 43.5 Å². The Kier molecular flexibility index (Phi) is 6.00. The zero-order chi connectivity index (χ0) is 19.6. The summed E-state index contributed by atoms with van der Waals surface area (Å²) in [4.78, 5) is 14.5. The predicted octanol–water partition coefficient (Wildman–Crippen LogP) is 4.84. The van der Waals surface area contributed by atoms with Gasteiger partial charge >= 0.3 is 0 Å². The van der Waals surface area contributed by atoms with E-state index in [1.165, 1.54) is 12.1 Å². The average Bonchev–Trinajstić information content (AvgIpc) is 3.40. The molecule has 144 valence electrons. The van der Waals surface area contributed by atoms with E-state index in [1.807, 2.05) is 6.92 Å². The van der Waals surface area contributed by atoms with Gasteiger partial charge < -0.3 is 4.90 Å². The Hall–Kier alpha value is -2.14. The minimum Gasteiger partial charge on any atom is -0.332 e. The summed E-state index contributed by atoms with van der Waals surface area (Å²) in [5.41, 5.74) is 2.08. The maximum atomic E-state index is 14.0. The van der Waals surface area contributed by atoms with E-state index in [0.717, 1.165) is 30.6 Å². The molecule has 1 aliphatic rings. The van der Waals surface area contributed by atoms with Crippen LogP contribution in [-0.4, -0.2) is 26.6 Å². The Morgan fingerprint density at radius 1 is 1.41 bits per heavy atom. The topological polar surface area (TPSA) is 38.1 Å². The summed E-state index contributed by atoms with van der Waals surface area (Å²) in [5, 5.41) is 5.00. The van der Waals surface area contributed by atoms with Crippen molar-refractivity contribution in [3.63, 3.8) is 0 Å². The number of aryl methyl sites for hydroxylation is 1. The predicted molar refractivity (Wildman–Crippen MR) is 106 cm³/mol. The van der Waals surface area contributed by atoms with Gasteiger partial charge in [0.15, 0.2) is 0 Å². The van der Waals surface area contributed by atoms with Gasteiger partial charge in [-0.2, -0.15) is 5.10 Å². The second-order valence-corrected chi connectivity index (χ2v) is 7.85. The molecule has 2 aromatic rings. The van der Waals surface area contributed by atoms with E-state index in [0.29, 0.717) is 16.6 Å². The van der Waals surface area contributed by atoms with Crippen LogP contribution in [0.3, 0.4) is 0 Å². The second-order valence-electron chi connectivity index (χ2n) is 7.49. The van der Waals surface area contributed by atoms with Gasteiger partial charge in [-0.05, 0) is 37.8 Å². The third kappa shape index (κ3) is 4.78. The normalized spacial score (nSPS) is 14.3. The number of amides is 1.